The molecule has 2 atom stereocenters. The Morgan fingerprint density at radius 3 is 2.37 bits per heavy atom. The zero-order valence-corrected chi connectivity index (χ0v) is 17.7. The molecule has 1 N–H and O–H groups in total. The van der Waals surface area contributed by atoms with Crippen LogP contribution in [0.2, 0.25) is 0 Å². The minimum Gasteiger partial charge on any atom is -0.444 e. The minimum absolute atomic E-state index is 0.113. The number of methoxy groups -OCH3 is 1. The molecule has 0 unspecified atom stereocenters. The molecule has 2 amide bonds. The van der Waals surface area contributed by atoms with Gasteiger partial charge < -0.3 is 19.5 Å². The van der Waals surface area contributed by atoms with Crippen LogP contribution in [-0.2, 0) is 19.0 Å². The Labute approximate surface area is 163 Å². The van der Waals surface area contributed by atoms with E-state index in [4.69, 9.17) is 14.2 Å². The van der Waals surface area contributed by atoms with E-state index in [1.807, 2.05) is 34.6 Å². The fourth-order valence-corrected chi connectivity index (χ4v) is 4.11. The van der Waals surface area contributed by atoms with Crippen LogP contribution in [0.25, 0.3) is 0 Å². The number of nitrogens with one attached hydrogen (secondary N) is 1. The molecule has 0 bridgehead atoms. The topological polar surface area (TPSA) is 77.1 Å². The van der Waals surface area contributed by atoms with Crippen molar-refractivity contribution in [2.75, 3.05) is 13.8 Å². The number of ether oxygens (including phenoxy) is 3. The smallest absolute Gasteiger partial charge is 0.412 e. The third kappa shape index (κ3) is 5.82. The highest BCUT2D eigenvalue weighted by Crippen LogP contribution is 2.39. The lowest BCUT2D eigenvalue weighted by Gasteiger charge is -2.36. The molecule has 2 fully saturated rings. The standard InChI is InChI=1S/C20H36N2O5/c1-19(2,3)27-18(24)22-15(12-14-10-8-7-9-11-14)16(26-20(22,4)5)17(23)21-13-25-6/h14-16H,7-13H2,1-6H3,(H,21,23)/t15-,16+/m0/s1. The molecular formula is C20H36N2O5. The van der Waals surface area contributed by atoms with Crippen molar-refractivity contribution in [2.45, 2.75) is 96.6 Å². The lowest BCUT2D eigenvalue weighted by molar-refractivity contribution is -0.139. The lowest BCUT2D eigenvalue weighted by atomic mass is 9.83. The van der Waals surface area contributed by atoms with Gasteiger partial charge >= 0.3 is 6.09 Å². The molecule has 0 aromatic rings. The fraction of sp³-hybridized carbons (Fsp3) is 0.900. The zero-order chi connectivity index (χ0) is 20.2. The number of hydrogen-bond acceptors (Lipinski definition) is 5. The molecule has 1 heterocycles. The van der Waals surface area contributed by atoms with Gasteiger partial charge in [-0.15, -0.1) is 0 Å². The van der Waals surface area contributed by atoms with E-state index in [1.165, 1.54) is 26.4 Å². The number of hydrogen-bond donors (Lipinski definition) is 1. The van der Waals surface area contributed by atoms with E-state index < -0.39 is 23.5 Å². The van der Waals surface area contributed by atoms with Crippen molar-refractivity contribution in [3.05, 3.63) is 0 Å². The molecule has 1 saturated carbocycles. The molecule has 2 aliphatic rings. The first-order valence-electron chi connectivity index (χ1n) is 10.0. The van der Waals surface area contributed by atoms with Crippen LogP contribution in [0.5, 0.6) is 0 Å². The SMILES string of the molecule is COCNC(=O)[C@@H]1OC(C)(C)N(C(=O)OC(C)(C)C)[C@H]1CC1CCCCC1. The first kappa shape index (κ1) is 22.0. The number of rotatable bonds is 5. The summed E-state index contributed by atoms with van der Waals surface area (Å²) in [6.07, 6.45) is 5.50. The van der Waals surface area contributed by atoms with E-state index in [0.29, 0.717) is 5.92 Å². The van der Waals surface area contributed by atoms with E-state index in [9.17, 15) is 9.59 Å². The lowest BCUT2D eigenvalue weighted by Crippen LogP contribution is -2.52. The number of amides is 2. The molecule has 2 rings (SSSR count). The molecule has 7 nitrogen and oxygen atoms in total. The Morgan fingerprint density at radius 1 is 1.19 bits per heavy atom. The summed E-state index contributed by atoms with van der Waals surface area (Å²) in [5.74, 6) is 0.237. The molecule has 1 saturated heterocycles. The van der Waals surface area contributed by atoms with Crippen molar-refractivity contribution < 1.29 is 23.8 Å². The predicted octanol–water partition coefficient (Wildman–Crippen LogP) is 3.42. The maximum absolute atomic E-state index is 13.0. The van der Waals surface area contributed by atoms with Crippen LogP contribution in [0.1, 0.15) is 73.1 Å². The summed E-state index contributed by atoms with van der Waals surface area (Å²) in [5, 5.41) is 2.72. The quantitative estimate of drug-likeness (QED) is 0.735. The molecule has 7 heteroatoms. The normalized spacial score (nSPS) is 26.1. The van der Waals surface area contributed by atoms with Gasteiger partial charge in [0.05, 0.1) is 6.04 Å². The maximum Gasteiger partial charge on any atom is 0.412 e. The average Bonchev–Trinajstić information content (AvgIpc) is 2.82. The molecule has 0 aromatic heterocycles. The predicted molar refractivity (Wildman–Crippen MR) is 102 cm³/mol. The van der Waals surface area contributed by atoms with Crippen LogP contribution in [0.3, 0.4) is 0 Å². The summed E-state index contributed by atoms with van der Waals surface area (Å²) >= 11 is 0. The summed E-state index contributed by atoms with van der Waals surface area (Å²) in [7, 11) is 1.52. The molecule has 1 aliphatic carbocycles. The molecule has 0 radical (unpaired) electrons. The summed E-state index contributed by atoms with van der Waals surface area (Å²) < 4.78 is 16.7. The van der Waals surface area contributed by atoms with Crippen molar-refractivity contribution in [2.24, 2.45) is 5.92 Å². The van der Waals surface area contributed by atoms with E-state index >= 15 is 0 Å². The van der Waals surface area contributed by atoms with Gasteiger partial charge in [0.2, 0.25) is 0 Å². The largest absolute Gasteiger partial charge is 0.444 e. The van der Waals surface area contributed by atoms with Gasteiger partial charge in [0.1, 0.15) is 18.1 Å². The van der Waals surface area contributed by atoms with Crippen LogP contribution in [0.4, 0.5) is 4.79 Å². The van der Waals surface area contributed by atoms with Gasteiger partial charge in [0.25, 0.3) is 5.91 Å². The summed E-state index contributed by atoms with van der Waals surface area (Å²) in [5.41, 5.74) is -1.53. The van der Waals surface area contributed by atoms with Crippen molar-refractivity contribution >= 4 is 12.0 Å². The Morgan fingerprint density at radius 2 is 1.81 bits per heavy atom. The van der Waals surface area contributed by atoms with E-state index in [-0.39, 0.29) is 18.7 Å². The monoisotopic (exact) mass is 384 g/mol. The van der Waals surface area contributed by atoms with Gasteiger partial charge in [-0.3, -0.25) is 9.69 Å². The minimum atomic E-state index is -0.920. The molecule has 0 spiro atoms. The summed E-state index contributed by atoms with van der Waals surface area (Å²) in [4.78, 5) is 27.3. The Balaban J connectivity index is 2.25. The van der Waals surface area contributed by atoms with Crippen LogP contribution < -0.4 is 5.32 Å². The summed E-state index contributed by atoms with van der Waals surface area (Å²) in [6, 6.07) is -0.352. The van der Waals surface area contributed by atoms with E-state index in [0.717, 1.165) is 19.3 Å². The van der Waals surface area contributed by atoms with Crippen molar-refractivity contribution in [3.63, 3.8) is 0 Å². The second kappa shape index (κ2) is 8.78. The second-order valence-corrected chi connectivity index (χ2v) is 9.12. The van der Waals surface area contributed by atoms with Crippen molar-refractivity contribution in [1.82, 2.24) is 10.2 Å². The molecule has 0 aromatic carbocycles. The maximum atomic E-state index is 13.0. The average molecular weight is 385 g/mol. The van der Waals surface area contributed by atoms with Gasteiger partial charge in [-0.1, -0.05) is 32.1 Å². The molecule has 1 aliphatic heterocycles. The van der Waals surface area contributed by atoms with Gasteiger partial charge in [-0.25, -0.2) is 4.79 Å². The highest BCUT2D eigenvalue weighted by molar-refractivity contribution is 5.83. The van der Waals surface area contributed by atoms with Crippen LogP contribution >= 0.6 is 0 Å². The highest BCUT2D eigenvalue weighted by Gasteiger charge is 2.54. The first-order valence-corrected chi connectivity index (χ1v) is 10.0. The zero-order valence-electron chi connectivity index (χ0n) is 17.7. The first-order chi connectivity index (χ1) is 12.5. The fourth-order valence-electron chi connectivity index (χ4n) is 4.11. The van der Waals surface area contributed by atoms with Crippen LogP contribution in [0.15, 0.2) is 0 Å². The Kier molecular flexibility index (Phi) is 7.14. The van der Waals surface area contributed by atoms with Crippen molar-refractivity contribution in [1.29, 1.82) is 0 Å². The van der Waals surface area contributed by atoms with Gasteiger partial charge in [-0.05, 0) is 47.0 Å². The van der Waals surface area contributed by atoms with Crippen LogP contribution in [-0.4, -0.2) is 54.2 Å². The van der Waals surface area contributed by atoms with Gasteiger partial charge in [-0.2, -0.15) is 0 Å². The number of carbonyl (C=O) groups is 2. The van der Waals surface area contributed by atoms with E-state index in [1.54, 1.807) is 4.90 Å². The summed E-state index contributed by atoms with van der Waals surface area (Å²) in [6.45, 7) is 9.26. The number of carbonyl (C=O) groups excluding carboxylic acids is 2. The molecule has 156 valence electrons. The number of nitrogens with zero attached hydrogens (tertiary/aromatic N) is 1. The second-order valence-electron chi connectivity index (χ2n) is 9.12. The molecule has 27 heavy (non-hydrogen) atoms. The Bertz CT molecular complexity index is 523. The highest BCUT2D eigenvalue weighted by atomic mass is 16.6. The van der Waals surface area contributed by atoms with E-state index in [2.05, 4.69) is 5.32 Å². The molecular weight excluding hydrogens is 348 g/mol. The third-order valence-electron chi connectivity index (χ3n) is 5.22. The van der Waals surface area contributed by atoms with Crippen LogP contribution in [0, 0.1) is 5.92 Å². The third-order valence-corrected chi connectivity index (χ3v) is 5.22. The van der Waals surface area contributed by atoms with Crippen molar-refractivity contribution in [3.8, 4) is 0 Å². The van der Waals surface area contributed by atoms with Gasteiger partial charge in [0.15, 0.2) is 6.10 Å². The Hall–Kier alpha value is -1.34. The van der Waals surface area contributed by atoms with Gasteiger partial charge in [0, 0.05) is 7.11 Å².